The minimum absolute atomic E-state index is 0.198. The second kappa shape index (κ2) is 2.22. The molecule has 0 radical (unpaired) electrons. The van der Waals surface area contributed by atoms with Crippen LogP contribution in [0.25, 0.3) is 0 Å². The first-order valence-electron chi connectivity index (χ1n) is 4.21. The molecule has 0 amide bonds. The Hall–Kier alpha value is -1.05. The van der Waals surface area contributed by atoms with E-state index < -0.39 is 0 Å². The molecule has 0 saturated carbocycles. The van der Waals surface area contributed by atoms with Gasteiger partial charge in [0.1, 0.15) is 6.26 Å². The van der Waals surface area contributed by atoms with Crippen LogP contribution in [-0.2, 0) is 6.42 Å². The zero-order valence-electron chi connectivity index (χ0n) is 7.39. The van der Waals surface area contributed by atoms with Gasteiger partial charge >= 0.3 is 0 Å². The summed E-state index contributed by atoms with van der Waals surface area (Å²) < 4.78 is 5.01. The molecule has 1 aromatic rings. The summed E-state index contributed by atoms with van der Waals surface area (Å²) in [6.07, 6.45) is 5.14. The third kappa shape index (κ3) is 0.909. The average molecular weight is 164 g/mol. The van der Waals surface area contributed by atoms with E-state index in [1.165, 1.54) is 0 Å². The van der Waals surface area contributed by atoms with Crippen molar-refractivity contribution in [1.29, 1.82) is 0 Å². The SMILES string of the molecule is CC1(C)CCc2cocc2C1=O. The van der Waals surface area contributed by atoms with Crippen LogP contribution in [0.5, 0.6) is 0 Å². The molecular weight excluding hydrogens is 152 g/mol. The summed E-state index contributed by atoms with van der Waals surface area (Å²) in [6, 6.07) is 0. The highest BCUT2D eigenvalue weighted by Crippen LogP contribution is 2.34. The highest BCUT2D eigenvalue weighted by molar-refractivity contribution is 6.01. The van der Waals surface area contributed by atoms with Crippen molar-refractivity contribution < 1.29 is 9.21 Å². The highest BCUT2D eigenvalue weighted by atomic mass is 16.3. The van der Waals surface area contributed by atoms with Gasteiger partial charge in [-0.3, -0.25) is 4.79 Å². The maximum atomic E-state index is 11.7. The molecule has 1 aliphatic carbocycles. The van der Waals surface area contributed by atoms with E-state index in [1.54, 1.807) is 12.5 Å². The molecule has 0 unspecified atom stereocenters. The smallest absolute Gasteiger partial charge is 0.171 e. The lowest BCUT2D eigenvalue weighted by Crippen LogP contribution is -2.29. The first-order valence-corrected chi connectivity index (χ1v) is 4.21. The largest absolute Gasteiger partial charge is 0.472 e. The fourth-order valence-corrected chi connectivity index (χ4v) is 1.64. The van der Waals surface area contributed by atoms with Gasteiger partial charge in [-0.2, -0.15) is 0 Å². The van der Waals surface area contributed by atoms with E-state index in [1.807, 2.05) is 13.8 Å². The number of fused-ring (bicyclic) bond motifs is 1. The number of hydrogen-bond acceptors (Lipinski definition) is 2. The van der Waals surface area contributed by atoms with Crippen molar-refractivity contribution in [2.45, 2.75) is 26.7 Å². The zero-order valence-corrected chi connectivity index (χ0v) is 7.39. The molecule has 0 atom stereocenters. The van der Waals surface area contributed by atoms with Crippen LogP contribution in [0.4, 0.5) is 0 Å². The average Bonchev–Trinajstić information content (AvgIpc) is 2.45. The number of carbonyl (C=O) groups is 1. The number of rotatable bonds is 0. The third-order valence-electron chi connectivity index (χ3n) is 2.62. The Labute approximate surface area is 71.6 Å². The monoisotopic (exact) mass is 164 g/mol. The van der Waals surface area contributed by atoms with Gasteiger partial charge in [0.25, 0.3) is 0 Å². The molecule has 0 bridgehead atoms. The molecule has 0 N–H and O–H groups in total. The molecule has 2 heteroatoms. The van der Waals surface area contributed by atoms with Crippen molar-refractivity contribution in [2.24, 2.45) is 5.41 Å². The fraction of sp³-hybridized carbons (Fsp3) is 0.500. The molecule has 0 fully saturated rings. The molecule has 1 aliphatic rings. The predicted octanol–water partition coefficient (Wildman–Crippen LogP) is 2.43. The van der Waals surface area contributed by atoms with Gasteiger partial charge in [0.2, 0.25) is 0 Å². The topological polar surface area (TPSA) is 30.2 Å². The number of hydrogen-bond donors (Lipinski definition) is 0. The second-order valence-electron chi connectivity index (χ2n) is 4.02. The fourth-order valence-electron chi connectivity index (χ4n) is 1.64. The number of ketones is 1. The molecule has 1 aromatic heterocycles. The first kappa shape index (κ1) is 7.59. The summed E-state index contributed by atoms with van der Waals surface area (Å²) in [5, 5.41) is 0. The van der Waals surface area contributed by atoms with Crippen LogP contribution in [0.2, 0.25) is 0 Å². The van der Waals surface area contributed by atoms with Gasteiger partial charge in [-0.05, 0) is 12.8 Å². The number of furan rings is 1. The minimum atomic E-state index is -0.198. The second-order valence-corrected chi connectivity index (χ2v) is 4.02. The van der Waals surface area contributed by atoms with E-state index in [2.05, 4.69) is 0 Å². The Balaban J connectivity index is 2.49. The van der Waals surface area contributed by atoms with Gasteiger partial charge in [0.15, 0.2) is 5.78 Å². The highest BCUT2D eigenvalue weighted by Gasteiger charge is 2.34. The molecule has 2 nitrogen and oxygen atoms in total. The van der Waals surface area contributed by atoms with E-state index in [9.17, 15) is 4.79 Å². The summed E-state index contributed by atoms with van der Waals surface area (Å²) in [6.45, 7) is 3.98. The van der Waals surface area contributed by atoms with Gasteiger partial charge in [-0.15, -0.1) is 0 Å². The maximum absolute atomic E-state index is 11.7. The minimum Gasteiger partial charge on any atom is -0.472 e. The van der Waals surface area contributed by atoms with Gasteiger partial charge in [-0.25, -0.2) is 0 Å². The van der Waals surface area contributed by atoms with Gasteiger partial charge in [0.05, 0.1) is 11.8 Å². The molecule has 64 valence electrons. The maximum Gasteiger partial charge on any atom is 0.171 e. The quantitative estimate of drug-likeness (QED) is 0.589. The van der Waals surface area contributed by atoms with Crippen molar-refractivity contribution >= 4 is 5.78 Å². The summed E-state index contributed by atoms with van der Waals surface area (Å²) in [5.41, 5.74) is 1.65. The Morgan fingerprint density at radius 3 is 2.92 bits per heavy atom. The van der Waals surface area contributed by atoms with E-state index in [0.717, 1.165) is 24.0 Å². The van der Waals surface area contributed by atoms with Crippen LogP contribution in [-0.4, -0.2) is 5.78 Å². The molecule has 12 heavy (non-hydrogen) atoms. The number of Topliss-reactive ketones (excluding diaryl/α,β-unsaturated/α-hetero) is 1. The zero-order chi connectivity index (χ0) is 8.77. The van der Waals surface area contributed by atoms with E-state index >= 15 is 0 Å². The van der Waals surface area contributed by atoms with Crippen molar-refractivity contribution in [3.8, 4) is 0 Å². The van der Waals surface area contributed by atoms with Crippen molar-refractivity contribution in [2.75, 3.05) is 0 Å². The van der Waals surface area contributed by atoms with Crippen LogP contribution in [0, 0.1) is 5.41 Å². The Morgan fingerprint density at radius 2 is 2.17 bits per heavy atom. The third-order valence-corrected chi connectivity index (χ3v) is 2.62. The molecule has 0 saturated heterocycles. The van der Waals surface area contributed by atoms with Crippen molar-refractivity contribution in [1.82, 2.24) is 0 Å². The van der Waals surface area contributed by atoms with Crippen molar-refractivity contribution in [3.05, 3.63) is 23.7 Å². The molecule has 1 heterocycles. The van der Waals surface area contributed by atoms with Crippen molar-refractivity contribution in [3.63, 3.8) is 0 Å². The lowest BCUT2D eigenvalue weighted by atomic mass is 9.75. The van der Waals surface area contributed by atoms with E-state index in [4.69, 9.17) is 4.42 Å². The lowest BCUT2D eigenvalue weighted by Gasteiger charge is -2.26. The summed E-state index contributed by atoms with van der Waals surface area (Å²) >= 11 is 0. The first-order chi connectivity index (χ1) is 5.61. The standard InChI is InChI=1S/C10H12O2/c1-10(2)4-3-7-5-12-6-8(7)9(10)11/h5-6H,3-4H2,1-2H3. The van der Waals surface area contributed by atoms with Gasteiger partial charge in [0, 0.05) is 11.0 Å². The Kier molecular flexibility index (Phi) is 1.40. The Bertz CT molecular complexity index is 320. The summed E-state index contributed by atoms with van der Waals surface area (Å²) in [5.74, 6) is 0.220. The predicted molar refractivity (Wildman–Crippen MR) is 45.1 cm³/mol. The van der Waals surface area contributed by atoms with Gasteiger partial charge < -0.3 is 4.42 Å². The van der Waals surface area contributed by atoms with Crippen LogP contribution < -0.4 is 0 Å². The number of aryl methyl sites for hydroxylation is 1. The summed E-state index contributed by atoms with van der Waals surface area (Å²) in [4.78, 5) is 11.7. The number of carbonyl (C=O) groups excluding carboxylic acids is 1. The summed E-state index contributed by atoms with van der Waals surface area (Å²) in [7, 11) is 0. The molecule has 0 aromatic carbocycles. The van der Waals surface area contributed by atoms with E-state index in [-0.39, 0.29) is 11.2 Å². The van der Waals surface area contributed by atoms with Gasteiger partial charge in [-0.1, -0.05) is 13.8 Å². The molecule has 2 rings (SSSR count). The Morgan fingerprint density at radius 1 is 1.42 bits per heavy atom. The lowest BCUT2D eigenvalue weighted by molar-refractivity contribution is 0.0811. The molecular formula is C10H12O2. The van der Waals surface area contributed by atoms with E-state index in [0.29, 0.717) is 0 Å². The molecule has 0 spiro atoms. The van der Waals surface area contributed by atoms with Crippen LogP contribution in [0.1, 0.15) is 36.2 Å². The van der Waals surface area contributed by atoms with Crippen LogP contribution in [0.3, 0.4) is 0 Å². The normalized spacial score (nSPS) is 20.7. The van der Waals surface area contributed by atoms with Crippen LogP contribution >= 0.6 is 0 Å². The molecule has 0 aliphatic heterocycles. The van der Waals surface area contributed by atoms with Crippen LogP contribution in [0.15, 0.2) is 16.9 Å².